The van der Waals surface area contributed by atoms with Crippen LogP contribution in [0.25, 0.3) is 0 Å². The molecule has 1 aliphatic heterocycles. The smallest absolute Gasteiger partial charge is 0.166 e. The maximum Gasteiger partial charge on any atom is 0.166 e. The Kier molecular flexibility index (Phi) is 2.98. The van der Waals surface area contributed by atoms with Crippen molar-refractivity contribution >= 4 is 5.82 Å². The van der Waals surface area contributed by atoms with E-state index in [0.717, 1.165) is 0 Å². The van der Waals surface area contributed by atoms with Crippen LogP contribution in [0.4, 0.5) is 5.82 Å². The van der Waals surface area contributed by atoms with Crippen LogP contribution in [0.15, 0.2) is 18.3 Å². The summed E-state index contributed by atoms with van der Waals surface area (Å²) >= 11 is 0. The van der Waals surface area contributed by atoms with Gasteiger partial charge < -0.3 is 19.9 Å². The monoisotopic (exact) mass is 224 g/mol. The number of pyridine rings is 1. The highest BCUT2D eigenvalue weighted by atomic mass is 16.7. The van der Waals surface area contributed by atoms with Gasteiger partial charge in [-0.15, -0.1) is 0 Å². The molecule has 2 rings (SSSR count). The molecule has 1 aromatic heterocycles. The van der Waals surface area contributed by atoms with Crippen molar-refractivity contribution in [2.45, 2.75) is 25.7 Å². The van der Waals surface area contributed by atoms with Gasteiger partial charge in [-0.25, -0.2) is 4.98 Å². The minimum Gasteiger partial charge on any atom is -0.487 e. The van der Waals surface area contributed by atoms with Crippen molar-refractivity contribution in [3.05, 3.63) is 18.3 Å². The van der Waals surface area contributed by atoms with Crippen molar-refractivity contribution in [2.24, 2.45) is 0 Å². The molecular weight excluding hydrogens is 208 g/mol. The van der Waals surface area contributed by atoms with E-state index in [4.69, 9.17) is 19.9 Å². The molecule has 0 aliphatic carbocycles. The number of rotatable bonds is 3. The molecule has 0 aromatic carbocycles. The predicted octanol–water partition coefficient (Wildman–Crippen LogP) is 1.19. The number of nitrogen functional groups attached to an aromatic ring is 1. The van der Waals surface area contributed by atoms with E-state index in [1.807, 2.05) is 13.8 Å². The van der Waals surface area contributed by atoms with Gasteiger partial charge in [0.15, 0.2) is 17.4 Å². The Hall–Kier alpha value is -1.33. The summed E-state index contributed by atoms with van der Waals surface area (Å²) in [7, 11) is 0. The average Bonchev–Trinajstić information content (AvgIpc) is 2.57. The molecule has 1 aromatic rings. The normalized spacial score (nSPS) is 23.2. The Bertz CT molecular complexity index is 368. The molecule has 5 nitrogen and oxygen atoms in total. The van der Waals surface area contributed by atoms with Crippen molar-refractivity contribution in [3.8, 4) is 5.75 Å². The van der Waals surface area contributed by atoms with Gasteiger partial charge in [0.2, 0.25) is 0 Å². The zero-order valence-corrected chi connectivity index (χ0v) is 9.47. The molecule has 88 valence electrons. The van der Waals surface area contributed by atoms with Crippen LogP contribution < -0.4 is 10.5 Å². The Balaban J connectivity index is 1.87. The van der Waals surface area contributed by atoms with Crippen LogP contribution in [-0.4, -0.2) is 30.1 Å². The highest BCUT2D eigenvalue weighted by molar-refractivity contribution is 5.44. The quantitative estimate of drug-likeness (QED) is 0.835. The number of nitrogens with two attached hydrogens (primary N) is 1. The second-order valence-electron chi connectivity index (χ2n) is 4.15. The Morgan fingerprint density at radius 2 is 2.44 bits per heavy atom. The third kappa shape index (κ3) is 2.62. The van der Waals surface area contributed by atoms with Crippen molar-refractivity contribution in [1.82, 2.24) is 4.98 Å². The predicted molar refractivity (Wildman–Crippen MR) is 59.0 cm³/mol. The Morgan fingerprint density at radius 1 is 1.62 bits per heavy atom. The minimum absolute atomic E-state index is 0.0605. The summed E-state index contributed by atoms with van der Waals surface area (Å²) in [4.78, 5) is 3.93. The van der Waals surface area contributed by atoms with Crippen LogP contribution in [0.1, 0.15) is 13.8 Å². The first-order valence-corrected chi connectivity index (χ1v) is 5.22. The lowest BCUT2D eigenvalue weighted by Gasteiger charge is -2.17. The van der Waals surface area contributed by atoms with Crippen molar-refractivity contribution in [3.63, 3.8) is 0 Å². The van der Waals surface area contributed by atoms with E-state index in [-0.39, 0.29) is 6.10 Å². The molecule has 0 bridgehead atoms. The van der Waals surface area contributed by atoms with Gasteiger partial charge in [0.05, 0.1) is 6.61 Å². The van der Waals surface area contributed by atoms with Gasteiger partial charge in [-0.3, -0.25) is 0 Å². The molecule has 16 heavy (non-hydrogen) atoms. The second-order valence-corrected chi connectivity index (χ2v) is 4.15. The summed E-state index contributed by atoms with van der Waals surface area (Å²) < 4.78 is 16.5. The van der Waals surface area contributed by atoms with Crippen LogP contribution in [-0.2, 0) is 9.47 Å². The van der Waals surface area contributed by atoms with E-state index in [9.17, 15) is 0 Å². The van der Waals surface area contributed by atoms with E-state index in [1.54, 1.807) is 18.3 Å². The van der Waals surface area contributed by atoms with Crippen molar-refractivity contribution < 1.29 is 14.2 Å². The molecule has 1 unspecified atom stereocenters. The van der Waals surface area contributed by atoms with Gasteiger partial charge in [-0.05, 0) is 26.0 Å². The fraction of sp³-hybridized carbons (Fsp3) is 0.545. The van der Waals surface area contributed by atoms with E-state index < -0.39 is 5.79 Å². The van der Waals surface area contributed by atoms with Gasteiger partial charge in [0.1, 0.15) is 12.7 Å². The lowest BCUT2D eigenvalue weighted by atomic mass is 10.4. The van der Waals surface area contributed by atoms with Crippen LogP contribution in [0.2, 0.25) is 0 Å². The summed E-state index contributed by atoms with van der Waals surface area (Å²) in [6.07, 6.45) is 1.56. The minimum atomic E-state index is -0.519. The molecule has 0 radical (unpaired) electrons. The number of aromatic nitrogens is 1. The lowest BCUT2D eigenvalue weighted by Crippen LogP contribution is -2.25. The number of hydrogen-bond donors (Lipinski definition) is 1. The maximum atomic E-state index is 5.65. The van der Waals surface area contributed by atoms with Crippen LogP contribution in [0.5, 0.6) is 5.75 Å². The van der Waals surface area contributed by atoms with Gasteiger partial charge in [0.25, 0.3) is 0 Å². The number of hydrogen-bond acceptors (Lipinski definition) is 5. The topological polar surface area (TPSA) is 66.6 Å². The number of anilines is 1. The van der Waals surface area contributed by atoms with Gasteiger partial charge in [-0.2, -0.15) is 0 Å². The molecular formula is C11H16N2O3. The van der Waals surface area contributed by atoms with E-state index >= 15 is 0 Å². The fourth-order valence-electron chi connectivity index (χ4n) is 1.55. The average molecular weight is 224 g/mol. The van der Waals surface area contributed by atoms with Crippen molar-refractivity contribution in [2.75, 3.05) is 18.9 Å². The molecule has 1 atom stereocenters. The molecule has 0 saturated carbocycles. The largest absolute Gasteiger partial charge is 0.487 e. The first-order valence-electron chi connectivity index (χ1n) is 5.22. The molecule has 0 spiro atoms. The maximum absolute atomic E-state index is 5.65. The molecule has 2 N–H and O–H groups in total. The van der Waals surface area contributed by atoms with Gasteiger partial charge in [0, 0.05) is 6.20 Å². The summed E-state index contributed by atoms with van der Waals surface area (Å²) in [6.45, 7) is 4.71. The first-order chi connectivity index (χ1) is 7.57. The standard InChI is InChI=1S/C11H16N2O3/c1-11(2)15-7-8(16-11)6-14-9-4-3-5-13-10(9)12/h3-5,8H,6-7H2,1-2H3,(H2,12,13). The van der Waals surface area contributed by atoms with Crippen LogP contribution in [0.3, 0.4) is 0 Å². The fourth-order valence-corrected chi connectivity index (χ4v) is 1.55. The van der Waals surface area contributed by atoms with E-state index in [2.05, 4.69) is 4.98 Å². The van der Waals surface area contributed by atoms with Gasteiger partial charge in [-0.1, -0.05) is 0 Å². The van der Waals surface area contributed by atoms with E-state index in [1.165, 1.54) is 0 Å². The molecule has 1 aliphatic rings. The van der Waals surface area contributed by atoms with Crippen molar-refractivity contribution in [1.29, 1.82) is 0 Å². The van der Waals surface area contributed by atoms with Crippen LogP contribution >= 0.6 is 0 Å². The number of nitrogens with zero attached hydrogens (tertiary/aromatic N) is 1. The summed E-state index contributed by atoms with van der Waals surface area (Å²) in [6, 6.07) is 3.56. The zero-order chi connectivity index (χ0) is 11.6. The highest BCUT2D eigenvalue weighted by Crippen LogP contribution is 2.24. The zero-order valence-electron chi connectivity index (χ0n) is 9.47. The third-order valence-electron chi connectivity index (χ3n) is 2.29. The Labute approximate surface area is 94.5 Å². The molecule has 1 saturated heterocycles. The first kappa shape index (κ1) is 11.2. The summed E-state index contributed by atoms with van der Waals surface area (Å²) in [5.74, 6) is 0.450. The molecule has 0 amide bonds. The highest BCUT2D eigenvalue weighted by Gasteiger charge is 2.33. The summed E-state index contributed by atoms with van der Waals surface area (Å²) in [5, 5.41) is 0. The SMILES string of the molecule is CC1(C)OCC(COc2cccnc2N)O1. The summed E-state index contributed by atoms with van der Waals surface area (Å²) in [5.41, 5.74) is 5.65. The molecule has 1 fully saturated rings. The lowest BCUT2D eigenvalue weighted by molar-refractivity contribution is -0.141. The number of ether oxygens (including phenoxy) is 3. The van der Waals surface area contributed by atoms with E-state index in [0.29, 0.717) is 24.8 Å². The second kappa shape index (κ2) is 4.27. The molecule has 5 heteroatoms. The Morgan fingerprint density at radius 3 is 3.06 bits per heavy atom. The third-order valence-corrected chi connectivity index (χ3v) is 2.29. The van der Waals surface area contributed by atoms with Crippen LogP contribution in [0, 0.1) is 0 Å². The van der Waals surface area contributed by atoms with Gasteiger partial charge >= 0.3 is 0 Å². The molecule has 2 heterocycles.